The molecule has 3 aromatic rings. The fourth-order valence-electron chi connectivity index (χ4n) is 5.28. The van der Waals surface area contributed by atoms with Gasteiger partial charge in [0, 0.05) is 44.9 Å². The monoisotopic (exact) mass is 445 g/mol. The Hall–Kier alpha value is -3.19. The van der Waals surface area contributed by atoms with E-state index < -0.39 is 5.91 Å². The fraction of sp³-hybridized carbons (Fsp3) is 0.423. The molecule has 172 valence electrons. The van der Waals surface area contributed by atoms with Crippen molar-refractivity contribution in [1.29, 1.82) is 0 Å². The molecule has 1 fully saturated rings. The van der Waals surface area contributed by atoms with Crippen molar-refractivity contribution >= 4 is 34.5 Å². The molecule has 2 N–H and O–H groups in total. The molecule has 0 atom stereocenters. The van der Waals surface area contributed by atoms with Crippen LogP contribution >= 0.6 is 0 Å². The predicted octanol–water partition coefficient (Wildman–Crippen LogP) is 4.65. The number of likely N-dealkylation sites (N-methyl/N-ethyl adjacent to an activating group) is 1. The molecule has 0 saturated heterocycles. The summed E-state index contributed by atoms with van der Waals surface area (Å²) in [4.78, 5) is 23.8. The average Bonchev–Trinajstić information content (AvgIpc) is 3.48. The van der Waals surface area contributed by atoms with Crippen LogP contribution < -0.4 is 10.6 Å². The summed E-state index contributed by atoms with van der Waals surface area (Å²) in [5.41, 5.74) is 13.1. The minimum Gasteiger partial charge on any atom is -0.383 e. The lowest BCUT2D eigenvalue weighted by atomic mass is 9.93. The third kappa shape index (κ3) is 3.91. The van der Waals surface area contributed by atoms with E-state index in [-0.39, 0.29) is 0 Å². The second-order valence-corrected chi connectivity index (χ2v) is 9.09. The number of carbonyl (C=O) groups excluding carboxylic acids is 1. The minimum atomic E-state index is -0.427. The quantitative estimate of drug-likeness (QED) is 0.574. The molecule has 5 rings (SSSR count). The first-order chi connectivity index (χ1) is 16.1. The Morgan fingerprint density at radius 3 is 2.82 bits per heavy atom. The highest BCUT2D eigenvalue weighted by molar-refractivity contribution is 6.06. The van der Waals surface area contributed by atoms with Gasteiger partial charge in [0.1, 0.15) is 0 Å². The number of aromatic nitrogens is 2. The third-order valence-electron chi connectivity index (χ3n) is 7.04. The highest BCUT2D eigenvalue weighted by Crippen LogP contribution is 2.43. The lowest BCUT2D eigenvalue weighted by Crippen LogP contribution is -2.26. The van der Waals surface area contributed by atoms with Crippen molar-refractivity contribution in [3.05, 3.63) is 41.7 Å². The molecule has 1 amide bonds. The number of nitrogens with two attached hydrogens (primary N) is 1. The second-order valence-electron chi connectivity index (χ2n) is 9.09. The van der Waals surface area contributed by atoms with Gasteiger partial charge in [0.15, 0.2) is 0 Å². The number of hydrogen-bond acceptors (Lipinski definition) is 5. The van der Waals surface area contributed by atoms with Crippen LogP contribution in [0.5, 0.6) is 0 Å². The number of nitrogens with zero attached hydrogens (tertiary/aromatic N) is 4. The molecular weight excluding hydrogens is 414 g/mol. The number of imidazole rings is 1. The van der Waals surface area contributed by atoms with E-state index in [0.717, 1.165) is 33.6 Å². The number of aliphatic imine (C=N–C) groups is 1. The molecule has 0 unspecified atom stereocenters. The zero-order chi connectivity index (χ0) is 22.9. The minimum absolute atomic E-state index is 0.427. The van der Waals surface area contributed by atoms with Gasteiger partial charge in [-0.2, -0.15) is 0 Å². The average molecular weight is 446 g/mol. The topological polar surface area (TPSA) is 85.7 Å². The number of primary amides is 1. The highest BCUT2D eigenvalue weighted by atomic mass is 16.5. The number of fused-ring (bicyclic) bond motifs is 2. The third-order valence-corrected chi connectivity index (χ3v) is 7.04. The summed E-state index contributed by atoms with van der Waals surface area (Å²) in [5, 5.41) is 0. The van der Waals surface area contributed by atoms with E-state index in [1.165, 1.54) is 37.6 Å². The first-order valence-corrected chi connectivity index (χ1v) is 11.8. The van der Waals surface area contributed by atoms with Crippen molar-refractivity contribution in [1.82, 2.24) is 9.55 Å². The number of hydrogen-bond donors (Lipinski definition) is 1. The maximum absolute atomic E-state index is 12.4. The zero-order valence-electron chi connectivity index (χ0n) is 19.4. The molecule has 1 saturated carbocycles. The van der Waals surface area contributed by atoms with E-state index in [0.29, 0.717) is 31.2 Å². The first-order valence-electron chi connectivity index (χ1n) is 11.8. The molecular formula is C26H31N5O2. The van der Waals surface area contributed by atoms with Crippen molar-refractivity contribution in [3.63, 3.8) is 0 Å². The zero-order valence-corrected chi connectivity index (χ0v) is 19.4. The number of anilines is 1. The summed E-state index contributed by atoms with van der Waals surface area (Å²) >= 11 is 0. The van der Waals surface area contributed by atoms with Gasteiger partial charge in [-0.25, -0.2) is 4.98 Å². The van der Waals surface area contributed by atoms with Gasteiger partial charge in [0.05, 0.1) is 40.9 Å². The van der Waals surface area contributed by atoms with Gasteiger partial charge in [0.2, 0.25) is 0 Å². The molecule has 1 aliphatic heterocycles. The van der Waals surface area contributed by atoms with Crippen molar-refractivity contribution in [2.75, 3.05) is 32.2 Å². The first kappa shape index (κ1) is 21.6. The Bertz CT molecular complexity index is 1220. The Kier molecular flexibility index (Phi) is 5.89. The number of carbonyl (C=O) groups is 1. The van der Waals surface area contributed by atoms with Gasteiger partial charge in [-0.1, -0.05) is 25.3 Å². The summed E-state index contributed by atoms with van der Waals surface area (Å²) < 4.78 is 7.60. The second kappa shape index (κ2) is 8.98. The Balaban J connectivity index is 1.60. The van der Waals surface area contributed by atoms with Crippen molar-refractivity contribution in [2.24, 2.45) is 10.7 Å². The van der Waals surface area contributed by atoms with Crippen molar-refractivity contribution < 1.29 is 9.53 Å². The van der Waals surface area contributed by atoms with Crippen LogP contribution in [0.4, 0.5) is 11.4 Å². The molecule has 7 heteroatoms. The molecule has 0 bridgehead atoms. The lowest BCUT2D eigenvalue weighted by molar-refractivity contribution is 0.1000. The Labute approximate surface area is 194 Å². The summed E-state index contributed by atoms with van der Waals surface area (Å²) in [5.74, 6) is -0.427. The summed E-state index contributed by atoms with van der Waals surface area (Å²) in [6.45, 7) is 1.21. The Morgan fingerprint density at radius 1 is 1.24 bits per heavy atom. The van der Waals surface area contributed by atoms with Crippen LogP contribution in [0, 0.1) is 0 Å². The van der Waals surface area contributed by atoms with E-state index in [9.17, 15) is 4.79 Å². The lowest BCUT2D eigenvalue weighted by Gasteiger charge is -2.25. The van der Waals surface area contributed by atoms with E-state index in [1.54, 1.807) is 7.11 Å². The van der Waals surface area contributed by atoms with Gasteiger partial charge in [-0.15, -0.1) is 0 Å². The highest BCUT2D eigenvalue weighted by Gasteiger charge is 2.26. The molecule has 1 aromatic heterocycles. The van der Waals surface area contributed by atoms with Crippen molar-refractivity contribution in [2.45, 2.75) is 44.6 Å². The van der Waals surface area contributed by atoms with Crippen LogP contribution in [0.3, 0.4) is 0 Å². The maximum Gasteiger partial charge on any atom is 0.251 e. The molecule has 2 heterocycles. The van der Waals surface area contributed by atoms with Gasteiger partial charge >= 0.3 is 0 Å². The SMILES string of the molecule is COCCN(C)c1cc(-c2ccc3c(c2)ncn3C2CCCCC2)c2c(c1C(N)=O)CC=N2. The van der Waals surface area contributed by atoms with Crippen LogP contribution in [-0.4, -0.2) is 49.0 Å². The predicted molar refractivity (Wildman–Crippen MR) is 133 cm³/mol. The number of benzene rings is 2. The number of ether oxygens (including phenoxy) is 1. The number of amides is 1. The van der Waals surface area contributed by atoms with Crippen LogP contribution in [0.25, 0.3) is 22.2 Å². The standard InChI is InChI=1S/C26H31N5O2/c1-30(12-13-33-2)23-15-20(25-19(10-11-28-25)24(23)26(27)32)17-8-9-22-21(14-17)29-16-31(22)18-6-4-3-5-7-18/h8-9,11,14-16,18H,3-7,10,12-13H2,1-2H3,(H2,27,32). The summed E-state index contributed by atoms with van der Waals surface area (Å²) in [6.07, 6.45) is 10.8. The van der Waals surface area contributed by atoms with Crippen LogP contribution in [0.1, 0.15) is 54.1 Å². The molecule has 2 aliphatic rings. The summed E-state index contributed by atoms with van der Waals surface area (Å²) in [6, 6.07) is 9.04. The fourth-order valence-corrected chi connectivity index (χ4v) is 5.28. The van der Waals surface area contributed by atoms with Gasteiger partial charge in [-0.05, 0) is 42.2 Å². The molecule has 0 spiro atoms. The number of methoxy groups -OCH3 is 1. The Morgan fingerprint density at radius 2 is 2.06 bits per heavy atom. The largest absolute Gasteiger partial charge is 0.383 e. The molecule has 0 radical (unpaired) electrons. The molecule has 7 nitrogen and oxygen atoms in total. The van der Waals surface area contributed by atoms with E-state index in [4.69, 9.17) is 15.5 Å². The summed E-state index contributed by atoms with van der Waals surface area (Å²) in [7, 11) is 3.63. The van der Waals surface area contributed by atoms with Crippen LogP contribution in [0.15, 0.2) is 35.6 Å². The van der Waals surface area contributed by atoms with E-state index in [1.807, 2.05) is 30.6 Å². The van der Waals surface area contributed by atoms with Crippen molar-refractivity contribution in [3.8, 4) is 11.1 Å². The molecule has 2 aromatic carbocycles. The van der Waals surface area contributed by atoms with Gasteiger partial charge in [-0.3, -0.25) is 9.79 Å². The van der Waals surface area contributed by atoms with E-state index in [2.05, 4.69) is 27.8 Å². The maximum atomic E-state index is 12.4. The van der Waals surface area contributed by atoms with Gasteiger partial charge in [0.25, 0.3) is 5.91 Å². The number of rotatable bonds is 7. The van der Waals surface area contributed by atoms with Crippen LogP contribution in [-0.2, 0) is 11.2 Å². The normalized spacial score (nSPS) is 15.8. The smallest absolute Gasteiger partial charge is 0.251 e. The van der Waals surface area contributed by atoms with E-state index >= 15 is 0 Å². The molecule has 1 aliphatic carbocycles. The van der Waals surface area contributed by atoms with Crippen LogP contribution in [0.2, 0.25) is 0 Å². The van der Waals surface area contributed by atoms with Gasteiger partial charge < -0.3 is 19.9 Å². The molecule has 33 heavy (non-hydrogen) atoms.